The lowest BCUT2D eigenvalue weighted by Gasteiger charge is -2.26. The van der Waals surface area contributed by atoms with Gasteiger partial charge in [0.25, 0.3) is 5.56 Å². The Hall–Kier alpha value is -4.30. The number of carbonyl (C=O) groups excluding carboxylic acids is 1. The van der Waals surface area contributed by atoms with Crippen molar-refractivity contribution in [2.45, 2.75) is 66.2 Å². The zero-order valence-corrected chi connectivity index (χ0v) is 27.6. The van der Waals surface area contributed by atoms with E-state index in [4.69, 9.17) is 14.2 Å². The highest BCUT2D eigenvalue weighted by Crippen LogP contribution is 2.34. The van der Waals surface area contributed by atoms with Crippen LogP contribution in [0, 0.1) is 24.6 Å². The highest BCUT2D eigenvalue weighted by Gasteiger charge is 2.27. The number of rotatable bonds is 11. The quantitative estimate of drug-likeness (QED) is 0.238. The van der Waals surface area contributed by atoms with Crippen molar-refractivity contribution in [2.75, 3.05) is 20.3 Å². The lowest BCUT2D eigenvalue weighted by Crippen LogP contribution is -2.49. The number of nitrogens with one attached hydrogen (secondary N) is 1. The molecule has 1 aromatic carbocycles. The summed E-state index contributed by atoms with van der Waals surface area (Å²) in [6, 6.07) is 3.55. The molecule has 0 spiro atoms. The fraction of sp³-hybridized carbons (Fsp3) is 0.469. The summed E-state index contributed by atoms with van der Waals surface area (Å²) >= 11 is 1.17. The van der Waals surface area contributed by atoms with Gasteiger partial charge in [-0.3, -0.25) is 18.7 Å². The van der Waals surface area contributed by atoms with Gasteiger partial charge in [0.05, 0.1) is 56.4 Å². The molecule has 0 unspecified atom stereocenters. The summed E-state index contributed by atoms with van der Waals surface area (Å²) in [5.74, 6) is -0.538. The number of aromatic nitrogens is 5. The fourth-order valence-corrected chi connectivity index (χ4v) is 6.41. The number of methoxy groups -OCH3 is 1. The molecule has 0 saturated carbocycles. The highest BCUT2D eigenvalue weighted by molar-refractivity contribution is 7.21. The van der Waals surface area contributed by atoms with E-state index in [1.165, 1.54) is 64.6 Å². The number of nitrogens with zero attached hydrogens (tertiary/aromatic N) is 5. The van der Waals surface area contributed by atoms with Crippen LogP contribution in [0.25, 0.3) is 27.2 Å². The molecule has 1 atom stereocenters. The van der Waals surface area contributed by atoms with E-state index in [-0.39, 0.29) is 36.2 Å². The van der Waals surface area contributed by atoms with Crippen molar-refractivity contribution in [2.24, 2.45) is 11.8 Å². The molecule has 0 bridgehead atoms. The molecule has 246 valence electrons. The SMILES string of the molecule is COc1ccc(F)cc1/C(=C/n1c(=O)n(C[C@@H](NC(=O)C(C)C)C(C)C)c(=O)c2c(C)c(-n3nccn3)sc21)OC1CCOCC1. The number of hydrogen-bond acceptors (Lipinski definition) is 9. The smallest absolute Gasteiger partial charge is 0.336 e. The number of amides is 1. The average Bonchev–Trinajstić information content (AvgIpc) is 3.68. The Kier molecular flexibility index (Phi) is 10.1. The van der Waals surface area contributed by atoms with E-state index in [0.717, 1.165) is 4.57 Å². The standard InChI is InChI=1S/C32H39FN6O6S/c1-18(2)24(36-28(40)19(3)4)16-37-29(41)27-20(5)30(39-34-11-12-35-39)46-31(27)38(32(37)42)17-26(45-22-9-13-44-14-10-22)23-15-21(33)7-8-25(23)43-6/h7-8,11-12,15,17-19,22,24H,9-10,13-14,16H2,1-6H3,(H,36,40)/b26-17-/t24-/m1/s1. The Morgan fingerprint density at radius 3 is 2.50 bits per heavy atom. The van der Waals surface area contributed by atoms with Crippen LogP contribution in [0.5, 0.6) is 5.75 Å². The van der Waals surface area contributed by atoms with Crippen molar-refractivity contribution in [3.05, 3.63) is 68.4 Å². The predicted octanol–water partition coefficient (Wildman–Crippen LogP) is 4.21. The Morgan fingerprint density at radius 2 is 1.87 bits per heavy atom. The third kappa shape index (κ3) is 6.77. The van der Waals surface area contributed by atoms with Gasteiger partial charge in [-0.25, -0.2) is 9.18 Å². The molecule has 4 aromatic rings. The van der Waals surface area contributed by atoms with Crippen LogP contribution >= 0.6 is 11.3 Å². The first-order valence-corrected chi connectivity index (χ1v) is 16.1. The van der Waals surface area contributed by atoms with Gasteiger partial charge < -0.3 is 19.5 Å². The van der Waals surface area contributed by atoms with Crippen LogP contribution in [0.2, 0.25) is 0 Å². The van der Waals surface area contributed by atoms with E-state index in [0.29, 0.717) is 58.1 Å². The molecular formula is C32H39FN6O6S. The maximum atomic E-state index is 14.7. The number of carbonyl (C=O) groups is 1. The van der Waals surface area contributed by atoms with Gasteiger partial charge in [-0.15, -0.1) is 4.80 Å². The van der Waals surface area contributed by atoms with Crippen LogP contribution in [0.1, 0.15) is 51.7 Å². The van der Waals surface area contributed by atoms with Crippen LogP contribution in [0.4, 0.5) is 4.39 Å². The van der Waals surface area contributed by atoms with Gasteiger partial charge in [-0.1, -0.05) is 39.0 Å². The van der Waals surface area contributed by atoms with Crippen molar-refractivity contribution in [3.63, 3.8) is 0 Å². The van der Waals surface area contributed by atoms with Crippen LogP contribution < -0.4 is 21.3 Å². The van der Waals surface area contributed by atoms with Gasteiger partial charge in [-0.2, -0.15) is 10.2 Å². The molecule has 1 amide bonds. The van der Waals surface area contributed by atoms with Gasteiger partial charge in [0.2, 0.25) is 5.91 Å². The minimum absolute atomic E-state index is 0.0678. The molecule has 3 aromatic heterocycles. The molecule has 46 heavy (non-hydrogen) atoms. The highest BCUT2D eigenvalue weighted by atomic mass is 32.1. The van der Waals surface area contributed by atoms with Gasteiger partial charge in [-0.05, 0) is 31.0 Å². The predicted molar refractivity (Wildman–Crippen MR) is 174 cm³/mol. The average molecular weight is 655 g/mol. The lowest BCUT2D eigenvalue weighted by atomic mass is 10.0. The van der Waals surface area contributed by atoms with Crippen LogP contribution in [-0.2, 0) is 20.8 Å². The van der Waals surface area contributed by atoms with E-state index in [9.17, 15) is 18.8 Å². The lowest BCUT2D eigenvalue weighted by molar-refractivity contribution is -0.125. The molecule has 1 fully saturated rings. The summed E-state index contributed by atoms with van der Waals surface area (Å²) in [5, 5.41) is 12.3. The number of thiophene rings is 1. The monoisotopic (exact) mass is 654 g/mol. The Balaban J connectivity index is 1.78. The number of fused-ring (bicyclic) bond motifs is 1. The van der Waals surface area contributed by atoms with Crippen LogP contribution in [0.3, 0.4) is 0 Å². The topological polar surface area (TPSA) is 132 Å². The summed E-state index contributed by atoms with van der Waals surface area (Å²) in [7, 11) is 1.47. The van der Waals surface area contributed by atoms with E-state index in [1.54, 1.807) is 20.8 Å². The summed E-state index contributed by atoms with van der Waals surface area (Å²) in [6.07, 6.45) is 5.46. The molecule has 1 saturated heterocycles. The van der Waals surface area contributed by atoms with Crippen molar-refractivity contribution in [3.8, 4) is 10.8 Å². The first-order valence-electron chi connectivity index (χ1n) is 15.3. The van der Waals surface area contributed by atoms with Gasteiger partial charge in [0.15, 0.2) is 0 Å². The summed E-state index contributed by atoms with van der Waals surface area (Å²) in [4.78, 5) is 43.0. The minimum Gasteiger partial charge on any atom is -0.496 e. The number of aryl methyl sites for hydroxylation is 1. The number of ether oxygens (including phenoxy) is 3. The number of hydrogen-bond donors (Lipinski definition) is 1. The van der Waals surface area contributed by atoms with E-state index in [2.05, 4.69) is 15.5 Å². The zero-order valence-electron chi connectivity index (χ0n) is 26.8. The third-order valence-electron chi connectivity index (χ3n) is 7.99. The second kappa shape index (κ2) is 14.0. The van der Waals surface area contributed by atoms with E-state index in [1.807, 2.05) is 13.8 Å². The molecule has 1 aliphatic rings. The summed E-state index contributed by atoms with van der Waals surface area (Å²) in [6.45, 7) is 10.1. The van der Waals surface area contributed by atoms with Gasteiger partial charge >= 0.3 is 5.69 Å². The van der Waals surface area contributed by atoms with Crippen LogP contribution in [-0.4, -0.2) is 62.5 Å². The molecule has 1 aliphatic heterocycles. The van der Waals surface area contributed by atoms with Crippen molar-refractivity contribution in [1.29, 1.82) is 0 Å². The molecule has 4 heterocycles. The molecule has 0 radical (unpaired) electrons. The molecule has 0 aliphatic carbocycles. The second-order valence-corrected chi connectivity index (χ2v) is 12.9. The maximum absolute atomic E-state index is 14.7. The van der Waals surface area contributed by atoms with Crippen molar-refractivity contribution >= 4 is 39.4 Å². The van der Waals surface area contributed by atoms with Crippen molar-refractivity contribution in [1.82, 2.24) is 29.4 Å². The first kappa shape index (κ1) is 33.1. The normalized spacial score (nSPS) is 15.1. The molecular weight excluding hydrogens is 615 g/mol. The van der Waals surface area contributed by atoms with Gasteiger partial charge in [0, 0.05) is 30.4 Å². The minimum atomic E-state index is -0.647. The van der Waals surface area contributed by atoms with Gasteiger partial charge in [0.1, 0.15) is 33.3 Å². The molecule has 1 N–H and O–H groups in total. The number of benzene rings is 1. The maximum Gasteiger partial charge on any atom is 0.336 e. The van der Waals surface area contributed by atoms with Crippen LogP contribution in [0.15, 0.2) is 40.2 Å². The zero-order chi connectivity index (χ0) is 33.1. The first-order chi connectivity index (χ1) is 22.0. The second-order valence-electron chi connectivity index (χ2n) is 11.9. The molecule has 12 nitrogen and oxygen atoms in total. The number of halogens is 1. The summed E-state index contributed by atoms with van der Waals surface area (Å²) < 4.78 is 34.7. The third-order valence-corrected chi connectivity index (χ3v) is 9.25. The molecule has 14 heteroatoms. The van der Waals surface area contributed by atoms with E-state index >= 15 is 0 Å². The Morgan fingerprint density at radius 1 is 1.17 bits per heavy atom. The Labute approximate surface area is 269 Å². The molecule has 5 rings (SSSR count). The largest absolute Gasteiger partial charge is 0.496 e. The summed E-state index contributed by atoms with van der Waals surface area (Å²) in [5.41, 5.74) is -0.263. The fourth-order valence-electron chi connectivity index (χ4n) is 5.23. The van der Waals surface area contributed by atoms with E-state index < -0.39 is 23.1 Å². The van der Waals surface area contributed by atoms with Crippen molar-refractivity contribution < 1.29 is 23.4 Å². The Bertz CT molecular complexity index is 1850.